The number of aryl methyl sites for hydroxylation is 1. The summed E-state index contributed by atoms with van der Waals surface area (Å²) in [5.74, 6) is -2.02. The Morgan fingerprint density at radius 3 is 2.62 bits per heavy atom. The first-order chi connectivity index (χ1) is 11.4. The van der Waals surface area contributed by atoms with Gasteiger partial charge >= 0.3 is 0 Å². The van der Waals surface area contributed by atoms with Crippen molar-refractivity contribution in [3.05, 3.63) is 59.2 Å². The van der Waals surface area contributed by atoms with Crippen LogP contribution in [-0.2, 0) is 0 Å². The zero-order chi connectivity index (χ0) is 17.3. The van der Waals surface area contributed by atoms with E-state index in [4.69, 9.17) is 0 Å². The van der Waals surface area contributed by atoms with Crippen LogP contribution >= 0.6 is 0 Å². The number of hydrogen-bond donors (Lipinski definition) is 2. The summed E-state index contributed by atoms with van der Waals surface area (Å²) in [7, 11) is 0. The van der Waals surface area contributed by atoms with Crippen molar-refractivity contribution in [2.24, 2.45) is 5.92 Å². The molecule has 0 aliphatic heterocycles. The number of rotatable bonds is 4. The van der Waals surface area contributed by atoms with Crippen molar-refractivity contribution in [2.45, 2.75) is 31.9 Å². The number of hydrogen-bond acceptors (Lipinski definition) is 4. The third-order valence-corrected chi connectivity index (χ3v) is 4.22. The van der Waals surface area contributed by atoms with Gasteiger partial charge in [-0.25, -0.2) is 13.8 Å². The molecule has 1 aromatic carbocycles. The molecule has 5 nitrogen and oxygen atoms in total. The molecule has 0 unspecified atom stereocenters. The number of nitrogens with one attached hydrogen (secondary N) is 1. The first-order valence-corrected chi connectivity index (χ1v) is 7.66. The quantitative estimate of drug-likeness (QED) is 0.900. The van der Waals surface area contributed by atoms with Gasteiger partial charge < -0.3 is 10.4 Å². The summed E-state index contributed by atoms with van der Waals surface area (Å²) in [4.78, 5) is 20.4. The molecule has 1 atom stereocenters. The van der Waals surface area contributed by atoms with E-state index in [-0.39, 0.29) is 17.2 Å². The summed E-state index contributed by atoms with van der Waals surface area (Å²) in [5.41, 5.74) is 0.990. The van der Waals surface area contributed by atoms with Crippen LogP contribution in [0, 0.1) is 24.5 Å². The van der Waals surface area contributed by atoms with Gasteiger partial charge in [0.2, 0.25) is 0 Å². The molecule has 7 heteroatoms. The lowest BCUT2D eigenvalue weighted by Gasteiger charge is -2.38. The molecule has 3 rings (SSSR count). The van der Waals surface area contributed by atoms with E-state index < -0.39 is 29.7 Å². The lowest BCUT2D eigenvalue weighted by Crippen LogP contribution is -2.42. The van der Waals surface area contributed by atoms with Gasteiger partial charge in [-0.3, -0.25) is 9.78 Å². The maximum atomic E-state index is 14.1. The van der Waals surface area contributed by atoms with E-state index in [9.17, 15) is 18.7 Å². The summed E-state index contributed by atoms with van der Waals surface area (Å²) in [6, 6.07) is 2.60. The monoisotopic (exact) mass is 333 g/mol. The molecule has 0 radical (unpaired) electrons. The van der Waals surface area contributed by atoms with Gasteiger partial charge in [0, 0.05) is 17.8 Å². The molecule has 1 aromatic heterocycles. The van der Waals surface area contributed by atoms with Crippen molar-refractivity contribution >= 4 is 5.91 Å². The van der Waals surface area contributed by atoms with Crippen LogP contribution in [-0.4, -0.2) is 27.1 Å². The van der Waals surface area contributed by atoms with Gasteiger partial charge in [-0.05, 0) is 31.7 Å². The van der Waals surface area contributed by atoms with E-state index in [2.05, 4.69) is 15.3 Å². The van der Waals surface area contributed by atoms with Crippen LogP contribution in [0.5, 0.6) is 0 Å². The van der Waals surface area contributed by atoms with Crippen LogP contribution in [0.2, 0.25) is 0 Å². The van der Waals surface area contributed by atoms with Gasteiger partial charge in [-0.1, -0.05) is 6.07 Å². The summed E-state index contributed by atoms with van der Waals surface area (Å²) in [6.07, 6.45) is 3.24. The number of aromatic nitrogens is 2. The van der Waals surface area contributed by atoms with Crippen LogP contribution in [0.25, 0.3) is 0 Å². The number of benzene rings is 1. The molecule has 126 valence electrons. The van der Waals surface area contributed by atoms with Crippen molar-refractivity contribution in [1.29, 1.82) is 0 Å². The van der Waals surface area contributed by atoms with Gasteiger partial charge in [0.15, 0.2) is 0 Å². The second-order valence-corrected chi connectivity index (χ2v) is 6.05. The molecule has 1 amide bonds. The molecule has 2 aromatic rings. The summed E-state index contributed by atoms with van der Waals surface area (Å²) in [6.45, 7) is 1.75. The Kier molecular flexibility index (Phi) is 4.53. The van der Waals surface area contributed by atoms with E-state index in [1.54, 1.807) is 6.92 Å². The first kappa shape index (κ1) is 16.4. The van der Waals surface area contributed by atoms with E-state index in [1.165, 1.54) is 18.5 Å². The normalized spacial score (nSPS) is 21.0. The molecule has 1 saturated carbocycles. The van der Waals surface area contributed by atoms with Gasteiger partial charge in [-0.15, -0.1) is 0 Å². The van der Waals surface area contributed by atoms with E-state index >= 15 is 0 Å². The van der Waals surface area contributed by atoms with Crippen molar-refractivity contribution in [3.63, 3.8) is 0 Å². The summed E-state index contributed by atoms with van der Waals surface area (Å²) >= 11 is 0. The summed E-state index contributed by atoms with van der Waals surface area (Å²) < 4.78 is 27.3. The highest BCUT2D eigenvalue weighted by atomic mass is 19.1. The molecular weight excluding hydrogens is 316 g/mol. The smallest absolute Gasteiger partial charge is 0.271 e. The van der Waals surface area contributed by atoms with Gasteiger partial charge in [-0.2, -0.15) is 0 Å². The molecule has 24 heavy (non-hydrogen) atoms. The molecule has 1 aliphatic rings. The first-order valence-electron chi connectivity index (χ1n) is 7.66. The molecular formula is C17H17F2N3O2. The zero-order valence-corrected chi connectivity index (χ0v) is 13.0. The molecule has 1 fully saturated rings. The predicted octanol–water partition coefficient (Wildman–Crippen LogP) is 2.31. The maximum Gasteiger partial charge on any atom is 0.271 e. The minimum atomic E-state index is -0.725. The van der Waals surface area contributed by atoms with E-state index in [1.807, 2.05) is 0 Å². The largest absolute Gasteiger partial charge is 0.393 e. The lowest BCUT2D eigenvalue weighted by atomic mass is 9.75. The van der Waals surface area contributed by atoms with Crippen molar-refractivity contribution in [1.82, 2.24) is 15.3 Å². The molecule has 1 aliphatic carbocycles. The number of amides is 1. The number of carbonyl (C=O) groups is 1. The topological polar surface area (TPSA) is 75.1 Å². The minimum absolute atomic E-state index is 0.119. The van der Waals surface area contributed by atoms with E-state index in [0.29, 0.717) is 18.5 Å². The second kappa shape index (κ2) is 6.60. The Morgan fingerprint density at radius 2 is 2.04 bits per heavy atom. The molecule has 1 heterocycles. The van der Waals surface area contributed by atoms with Crippen molar-refractivity contribution in [3.8, 4) is 0 Å². The number of carbonyl (C=O) groups excluding carboxylic acids is 1. The summed E-state index contributed by atoms with van der Waals surface area (Å²) in [5, 5.41) is 12.3. The Bertz CT molecular complexity index is 746. The van der Waals surface area contributed by atoms with Gasteiger partial charge in [0.1, 0.15) is 17.3 Å². The fourth-order valence-electron chi connectivity index (χ4n) is 2.83. The number of halogens is 2. The standard InChI is InChI=1S/C17H17F2N3O2/c1-9-7-21-15(8-20-9)17(24)22-16(10-4-12(23)5-10)13-3-2-11(18)6-14(13)19/h2-3,6-8,10,12,16,23H,4-5H2,1H3,(H,22,24)/t10?,12?,16-/m1/s1. The average molecular weight is 333 g/mol. The van der Waals surface area contributed by atoms with Crippen LogP contribution in [0.4, 0.5) is 8.78 Å². The highest BCUT2D eigenvalue weighted by Gasteiger charge is 2.37. The number of nitrogens with zero attached hydrogens (tertiary/aromatic N) is 2. The molecule has 0 spiro atoms. The number of aliphatic hydroxyl groups is 1. The third kappa shape index (κ3) is 3.41. The maximum absolute atomic E-state index is 14.1. The lowest BCUT2D eigenvalue weighted by molar-refractivity contribution is 0.0228. The highest BCUT2D eigenvalue weighted by molar-refractivity contribution is 5.92. The van der Waals surface area contributed by atoms with Crippen molar-refractivity contribution in [2.75, 3.05) is 0 Å². The fourth-order valence-corrected chi connectivity index (χ4v) is 2.83. The zero-order valence-electron chi connectivity index (χ0n) is 13.0. The molecule has 0 bridgehead atoms. The van der Waals surface area contributed by atoms with Crippen LogP contribution < -0.4 is 5.32 Å². The predicted molar refractivity (Wildman–Crippen MR) is 82.1 cm³/mol. The van der Waals surface area contributed by atoms with Crippen LogP contribution in [0.15, 0.2) is 30.6 Å². The Morgan fingerprint density at radius 1 is 1.29 bits per heavy atom. The Hall–Kier alpha value is -2.41. The third-order valence-electron chi connectivity index (χ3n) is 4.22. The molecule has 2 N–H and O–H groups in total. The Labute approximate surface area is 137 Å². The highest BCUT2D eigenvalue weighted by Crippen LogP contribution is 2.39. The number of aliphatic hydroxyl groups excluding tert-OH is 1. The Balaban J connectivity index is 1.85. The van der Waals surface area contributed by atoms with Gasteiger partial charge in [0.05, 0.1) is 24.0 Å². The van der Waals surface area contributed by atoms with Crippen LogP contribution in [0.3, 0.4) is 0 Å². The minimum Gasteiger partial charge on any atom is -0.393 e. The van der Waals surface area contributed by atoms with E-state index in [0.717, 1.165) is 12.1 Å². The van der Waals surface area contributed by atoms with Crippen molar-refractivity contribution < 1.29 is 18.7 Å². The van der Waals surface area contributed by atoms with Gasteiger partial charge in [0.25, 0.3) is 5.91 Å². The SMILES string of the molecule is Cc1cnc(C(=O)N[C@@H](c2ccc(F)cc2F)C2CC(O)C2)cn1. The fraction of sp³-hybridized carbons (Fsp3) is 0.353. The second-order valence-electron chi connectivity index (χ2n) is 6.05. The average Bonchev–Trinajstić information content (AvgIpc) is 2.51. The molecule has 0 saturated heterocycles. The van der Waals surface area contributed by atoms with Crippen LogP contribution in [0.1, 0.15) is 40.6 Å².